The van der Waals surface area contributed by atoms with E-state index in [1.165, 1.54) is 0 Å². The van der Waals surface area contributed by atoms with Crippen molar-refractivity contribution in [2.75, 3.05) is 0 Å². The summed E-state index contributed by atoms with van der Waals surface area (Å²) in [5, 5.41) is 5.67. The summed E-state index contributed by atoms with van der Waals surface area (Å²) in [5.74, 6) is 0.876. The third-order valence-corrected chi connectivity index (χ3v) is 2.09. The third kappa shape index (κ3) is 2.26. The second-order valence-electron chi connectivity index (χ2n) is 2.93. The van der Waals surface area contributed by atoms with Crippen molar-refractivity contribution < 1.29 is 0 Å². The Balaban J connectivity index is 1.98. The van der Waals surface area contributed by atoms with E-state index < -0.39 is 0 Å². The molecule has 2 aromatic rings. The summed E-state index contributed by atoms with van der Waals surface area (Å²) in [7, 11) is 0. The van der Waals surface area contributed by atoms with Gasteiger partial charge in [0.05, 0.1) is 0 Å². The predicted molar refractivity (Wildman–Crippen MR) is 55.4 cm³/mol. The van der Waals surface area contributed by atoms with Gasteiger partial charge in [0.15, 0.2) is 0 Å². The average molecular weight is 206 g/mol. The minimum Gasteiger partial charge on any atom is -0.286 e. The number of aromatic amines is 2. The van der Waals surface area contributed by atoms with Gasteiger partial charge in [0, 0.05) is 18.3 Å². The van der Waals surface area contributed by atoms with Gasteiger partial charge in [-0.3, -0.25) is 15.2 Å². The number of aryl methyl sites for hydroxylation is 2. The van der Waals surface area contributed by atoms with E-state index in [0.29, 0.717) is 4.77 Å². The molecule has 0 aromatic carbocycles. The number of nitrogens with zero attached hydrogens (tertiary/aromatic N) is 2. The summed E-state index contributed by atoms with van der Waals surface area (Å²) < 4.78 is 0.501. The molecule has 0 atom stereocenters. The highest BCUT2D eigenvalue weighted by molar-refractivity contribution is 7.71. The van der Waals surface area contributed by atoms with Crippen LogP contribution in [0.4, 0.5) is 0 Å². The van der Waals surface area contributed by atoms with Gasteiger partial charge in [-0.2, -0.15) is 0 Å². The van der Waals surface area contributed by atoms with E-state index in [1.807, 2.05) is 18.2 Å². The summed E-state index contributed by atoms with van der Waals surface area (Å²) in [4.78, 5) is 8.32. The maximum Gasteiger partial charge on any atom is 0.213 e. The summed E-state index contributed by atoms with van der Waals surface area (Å²) in [5.41, 5.74) is 1.06. The molecule has 0 aliphatic rings. The number of H-pyrrole nitrogens is 2. The lowest BCUT2D eigenvalue weighted by atomic mass is 10.2. The van der Waals surface area contributed by atoms with Gasteiger partial charge in [-0.1, -0.05) is 6.07 Å². The quantitative estimate of drug-likeness (QED) is 0.751. The van der Waals surface area contributed by atoms with Gasteiger partial charge in [-0.05, 0) is 30.8 Å². The Morgan fingerprint density at radius 1 is 1.21 bits per heavy atom. The van der Waals surface area contributed by atoms with E-state index in [2.05, 4.69) is 20.2 Å². The lowest BCUT2D eigenvalue weighted by Crippen LogP contribution is -1.95. The molecule has 2 N–H and O–H groups in total. The highest BCUT2D eigenvalue weighted by Crippen LogP contribution is 1.99. The van der Waals surface area contributed by atoms with Crippen LogP contribution in [0.3, 0.4) is 0 Å². The molecule has 0 amide bonds. The number of hydrogen-bond donors (Lipinski definition) is 2. The molecule has 0 aliphatic heterocycles. The number of pyridine rings is 1. The van der Waals surface area contributed by atoms with Crippen LogP contribution in [0, 0.1) is 4.77 Å². The van der Waals surface area contributed by atoms with Gasteiger partial charge in [0.1, 0.15) is 5.82 Å². The number of hydrogen-bond acceptors (Lipinski definition) is 3. The molecule has 0 spiro atoms. The lowest BCUT2D eigenvalue weighted by molar-refractivity contribution is 0.842. The Morgan fingerprint density at radius 3 is 2.79 bits per heavy atom. The normalized spacial score (nSPS) is 10.3. The fourth-order valence-corrected chi connectivity index (χ4v) is 1.38. The molecule has 0 aliphatic carbocycles. The second kappa shape index (κ2) is 4.15. The van der Waals surface area contributed by atoms with Crippen LogP contribution in [0.5, 0.6) is 0 Å². The predicted octanol–water partition coefficient (Wildman–Crippen LogP) is 1.65. The fraction of sp³-hybridized carbons (Fsp3) is 0.222. The minimum absolute atomic E-state index is 0.501. The summed E-state index contributed by atoms with van der Waals surface area (Å²) in [6.45, 7) is 0. The van der Waals surface area contributed by atoms with E-state index in [-0.39, 0.29) is 0 Å². The van der Waals surface area contributed by atoms with Gasteiger partial charge in [-0.15, -0.1) is 0 Å². The van der Waals surface area contributed by atoms with Crippen LogP contribution in [-0.2, 0) is 12.8 Å². The van der Waals surface area contributed by atoms with Gasteiger partial charge < -0.3 is 0 Å². The number of rotatable bonds is 3. The summed E-state index contributed by atoms with van der Waals surface area (Å²) >= 11 is 4.85. The molecule has 0 fully saturated rings. The van der Waals surface area contributed by atoms with Crippen molar-refractivity contribution in [2.45, 2.75) is 12.8 Å². The first-order chi connectivity index (χ1) is 6.84. The molecule has 2 aromatic heterocycles. The van der Waals surface area contributed by atoms with E-state index >= 15 is 0 Å². The molecule has 2 rings (SSSR count). The van der Waals surface area contributed by atoms with Crippen molar-refractivity contribution in [2.24, 2.45) is 0 Å². The SMILES string of the molecule is S=c1nc(CCc2ccccn2)[nH][nH]1. The molecule has 0 saturated carbocycles. The first kappa shape index (κ1) is 9.08. The maximum absolute atomic E-state index is 4.85. The Bertz CT molecular complexity index is 445. The second-order valence-corrected chi connectivity index (χ2v) is 3.32. The molecule has 72 valence electrons. The topological polar surface area (TPSA) is 57.4 Å². The Morgan fingerprint density at radius 2 is 2.14 bits per heavy atom. The van der Waals surface area contributed by atoms with Crippen molar-refractivity contribution in [3.05, 3.63) is 40.7 Å². The molecule has 0 saturated heterocycles. The van der Waals surface area contributed by atoms with Crippen LogP contribution in [0.25, 0.3) is 0 Å². The van der Waals surface area contributed by atoms with Crippen LogP contribution >= 0.6 is 12.2 Å². The van der Waals surface area contributed by atoms with Gasteiger partial charge in [0.2, 0.25) is 4.77 Å². The van der Waals surface area contributed by atoms with Crippen molar-refractivity contribution in [3.8, 4) is 0 Å². The zero-order valence-electron chi connectivity index (χ0n) is 7.53. The van der Waals surface area contributed by atoms with Crippen molar-refractivity contribution in [1.29, 1.82) is 0 Å². The van der Waals surface area contributed by atoms with Crippen LogP contribution in [0.2, 0.25) is 0 Å². The standard InChI is InChI=1S/C9H10N4S/c14-9-11-8(12-13-9)5-4-7-3-1-2-6-10-7/h1-3,6H,4-5H2,(H2,11,12,13,14). The van der Waals surface area contributed by atoms with E-state index in [4.69, 9.17) is 12.2 Å². The third-order valence-electron chi connectivity index (χ3n) is 1.89. The monoisotopic (exact) mass is 206 g/mol. The molecule has 0 radical (unpaired) electrons. The molecule has 2 heterocycles. The molecular weight excluding hydrogens is 196 g/mol. The van der Waals surface area contributed by atoms with Crippen molar-refractivity contribution in [3.63, 3.8) is 0 Å². The van der Waals surface area contributed by atoms with Crippen LogP contribution in [-0.4, -0.2) is 20.2 Å². The summed E-state index contributed by atoms with van der Waals surface area (Å²) in [6.07, 6.45) is 3.49. The smallest absolute Gasteiger partial charge is 0.213 e. The zero-order valence-corrected chi connectivity index (χ0v) is 8.34. The Hall–Kier alpha value is -1.49. The molecule has 4 nitrogen and oxygen atoms in total. The van der Waals surface area contributed by atoms with Gasteiger partial charge in [-0.25, -0.2) is 4.98 Å². The minimum atomic E-state index is 0.501. The van der Waals surface area contributed by atoms with Gasteiger partial charge >= 0.3 is 0 Å². The molecular formula is C9H10N4S. The van der Waals surface area contributed by atoms with Crippen LogP contribution < -0.4 is 0 Å². The number of nitrogens with one attached hydrogen (secondary N) is 2. The van der Waals surface area contributed by atoms with E-state index in [0.717, 1.165) is 24.4 Å². The first-order valence-corrected chi connectivity index (χ1v) is 4.79. The van der Waals surface area contributed by atoms with Crippen molar-refractivity contribution in [1.82, 2.24) is 20.2 Å². The highest BCUT2D eigenvalue weighted by atomic mass is 32.1. The van der Waals surface area contributed by atoms with E-state index in [9.17, 15) is 0 Å². The number of aromatic nitrogens is 4. The van der Waals surface area contributed by atoms with Crippen molar-refractivity contribution >= 4 is 12.2 Å². The van der Waals surface area contributed by atoms with Gasteiger partial charge in [0.25, 0.3) is 0 Å². The van der Waals surface area contributed by atoms with Crippen LogP contribution in [0.15, 0.2) is 24.4 Å². The first-order valence-electron chi connectivity index (χ1n) is 4.38. The van der Waals surface area contributed by atoms with Crippen LogP contribution in [0.1, 0.15) is 11.5 Å². The summed E-state index contributed by atoms with van der Waals surface area (Å²) in [6, 6.07) is 5.89. The molecule has 0 bridgehead atoms. The Kier molecular flexibility index (Phi) is 2.69. The molecule has 14 heavy (non-hydrogen) atoms. The molecule has 5 heteroatoms. The average Bonchev–Trinajstić information content (AvgIpc) is 2.63. The highest BCUT2D eigenvalue weighted by Gasteiger charge is 1.98. The maximum atomic E-state index is 4.85. The molecule has 0 unspecified atom stereocenters. The van der Waals surface area contributed by atoms with E-state index in [1.54, 1.807) is 6.20 Å². The Labute approximate surface area is 86.4 Å². The lowest BCUT2D eigenvalue weighted by Gasteiger charge is -1.96. The zero-order chi connectivity index (χ0) is 9.80. The largest absolute Gasteiger partial charge is 0.286 e. The fourth-order valence-electron chi connectivity index (χ4n) is 1.21.